The molecular weight excluding hydrogens is 354 g/mol. The van der Waals surface area contributed by atoms with Gasteiger partial charge in [0.15, 0.2) is 5.78 Å². The van der Waals surface area contributed by atoms with Crippen molar-refractivity contribution in [1.82, 2.24) is 15.2 Å². The van der Waals surface area contributed by atoms with E-state index in [0.29, 0.717) is 30.6 Å². The zero-order chi connectivity index (χ0) is 18.2. The summed E-state index contributed by atoms with van der Waals surface area (Å²) in [6, 6.07) is 1.64. The molecule has 144 valence electrons. The molecule has 2 aliphatic rings. The third-order valence-corrected chi connectivity index (χ3v) is 5.15. The van der Waals surface area contributed by atoms with Crippen LogP contribution < -0.4 is 10.9 Å². The smallest absolute Gasteiger partial charge is 0.261 e. The van der Waals surface area contributed by atoms with Crippen molar-refractivity contribution in [2.75, 3.05) is 19.6 Å². The van der Waals surface area contributed by atoms with Crippen LogP contribution in [0, 0.1) is 5.41 Å². The minimum atomic E-state index is -0.388. The van der Waals surface area contributed by atoms with Crippen molar-refractivity contribution in [2.24, 2.45) is 5.41 Å². The van der Waals surface area contributed by atoms with E-state index >= 15 is 0 Å². The summed E-state index contributed by atoms with van der Waals surface area (Å²) in [7, 11) is 0. The Bertz CT molecular complexity index is 751. The van der Waals surface area contributed by atoms with E-state index in [9.17, 15) is 14.4 Å². The molecule has 26 heavy (non-hydrogen) atoms. The number of ketones is 1. The second kappa shape index (κ2) is 7.92. The molecule has 1 aromatic heterocycles. The molecule has 0 spiro atoms. The molecule has 2 heterocycles. The summed E-state index contributed by atoms with van der Waals surface area (Å²) in [6.07, 6.45) is 2.80. The Kier molecular flexibility index (Phi) is 6.29. The molecule has 1 aliphatic heterocycles. The van der Waals surface area contributed by atoms with Gasteiger partial charge in [0.05, 0.1) is 0 Å². The highest BCUT2D eigenvalue weighted by atomic mass is 35.5. The second-order valence-corrected chi connectivity index (χ2v) is 7.99. The number of hydrogen-bond acceptors (Lipinski definition) is 4. The first-order valence-corrected chi connectivity index (χ1v) is 9.13. The average molecular weight is 382 g/mol. The van der Waals surface area contributed by atoms with Crippen LogP contribution in [0.5, 0.6) is 0 Å². The molecule has 1 atom stereocenters. The van der Waals surface area contributed by atoms with Gasteiger partial charge in [0, 0.05) is 36.8 Å². The Labute approximate surface area is 160 Å². The number of nitrogens with one attached hydrogen (secondary N) is 2. The van der Waals surface area contributed by atoms with Gasteiger partial charge in [-0.3, -0.25) is 14.4 Å². The van der Waals surface area contributed by atoms with E-state index in [4.69, 9.17) is 0 Å². The van der Waals surface area contributed by atoms with Gasteiger partial charge in [-0.15, -0.1) is 12.4 Å². The topological polar surface area (TPSA) is 82.3 Å². The van der Waals surface area contributed by atoms with Crippen molar-refractivity contribution < 1.29 is 9.59 Å². The highest BCUT2D eigenvalue weighted by molar-refractivity contribution is 6.02. The quantitative estimate of drug-likeness (QED) is 0.837. The Balaban J connectivity index is 0.00000243. The maximum Gasteiger partial charge on any atom is 0.261 e. The Morgan fingerprint density at radius 1 is 1.31 bits per heavy atom. The van der Waals surface area contributed by atoms with Crippen molar-refractivity contribution in [3.8, 4) is 0 Å². The number of halogens is 1. The molecule has 7 heteroatoms. The first-order valence-electron chi connectivity index (χ1n) is 9.13. The minimum absolute atomic E-state index is 0. The number of rotatable bonds is 4. The van der Waals surface area contributed by atoms with E-state index in [1.54, 1.807) is 4.90 Å². The molecule has 1 fully saturated rings. The van der Waals surface area contributed by atoms with Crippen LogP contribution in [0.3, 0.4) is 0 Å². The molecule has 1 unspecified atom stereocenters. The second-order valence-electron chi connectivity index (χ2n) is 7.99. The third-order valence-electron chi connectivity index (χ3n) is 5.15. The molecule has 1 saturated heterocycles. The van der Waals surface area contributed by atoms with Crippen molar-refractivity contribution in [1.29, 1.82) is 0 Å². The van der Waals surface area contributed by atoms with Gasteiger partial charge in [-0.25, -0.2) is 0 Å². The van der Waals surface area contributed by atoms with E-state index in [0.717, 1.165) is 25.9 Å². The standard InChI is InChI=1S/C19H27N3O3.ClH/c1-4-7-22(12-5-6-20-11-12)18(25)14-8-13-15(21-17(14)24)9-19(2,3)10-16(13)23;/h8,12,20H,4-7,9-11H2,1-3H3,(H,21,24);1H. The largest absolute Gasteiger partial charge is 0.334 e. The van der Waals surface area contributed by atoms with Gasteiger partial charge in [0.1, 0.15) is 5.56 Å². The summed E-state index contributed by atoms with van der Waals surface area (Å²) in [5.41, 5.74) is 0.701. The van der Waals surface area contributed by atoms with Gasteiger partial charge in [0.2, 0.25) is 0 Å². The minimum Gasteiger partial charge on any atom is -0.334 e. The van der Waals surface area contributed by atoms with Gasteiger partial charge < -0.3 is 15.2 Å². The highest BCUT2D eigenvalue weighted by Gasteiger charge is 2.34. The molecule has 0 aromatic carbocycles. The van der Waals surface area contributed by atoms with Crippen molar-refractivity contribution in [2.45, 2.75) is 52.5 Å². The molecule has 0 bridgehead atoms. The van der Waals surface area contributed by atoms with E-state index < -0.39 is 0 Å². The number of fused-ring (bicyclic) bond motifs is 1. The lowest BCUT2D eigenvalue weighted by Gasteiger charge is -2.31. The Hall–Kier alpha value is -1.66. The molecule has 1 aliphatic carbocycles. The van der Waals surface area contributed by atoms with Crippen molar-refractivity contribution >= 4 is 24.1 Å². The summed E-state index contributed by atoms with van der Waals surface area (Å²) in [4.78, 5) is 42.7. The molecule has 0 saturated carbocycles. The number of carbonyl (C=O) groups excluding carboxylic acids is 2. The van der Waals surface area contributed by atoms with Crippen molar-refractivity contribution in [3.63, 3.8) is 0 Å². The number of aromatic amines is 1. The predicted octanol–water partition coefficient (Wildman–Crippen LogP) is 2.17. The number of hydrogen-bond donors (Lipinski definition) is 2. The molecule has 0 radical (unpaired) electrons. The lowest BCUT2D eigenvalue weighted by atomic mass is 9.75. The van der Waals surface area contributed by atoms with Crippen LogP contribution in [0.15, 0.2) is 10.9 Å². The van der Waals surface area contributed by atoms with Crippen LogP contribution >= 0.6 is 12.4 Å². The number of pyridine rings is 1. The van der Waals surface area contributed by atoms with Crippen LogP contribution in [0.2, 0.25) is 0 Å². The maximum atomic E-state index is 13.0. The zero-order valence-electron chi connectivity index (χ0n) is 15.7. The lowest BCUT2D eigenvalue weighted by molar-refractivity contribution is 0.0690. The molecule has 2 N–H and O–H groups in total. The van der Waals surface area contributed by atoms with Crippen LogP contribution in [-0.4, -0.2) is 47.3 Å². The van der Waals surface area contributed by atoms with Gasteiger partial charge in [0.25, 0.3) is 11.5 Å². The monoisotopic (exact) mass is 381 g/mol. The van der Waals surface area contributed by atoms with Crippen LogP contribution in [-0.2, 0) is 6.42 Å². The maximum absolute atomic E-state index is 13.0. The van der Waals surface area contributed by atoms with Gasteiger partial charge in [-0.05, 0) is 37.3 Å². The summed E-state index contributed by atoms with van der Waals surface area (Å²) in [5, 5.41) is 3.26. The molecule has 6 nitrogen and oxygen atoms in total. The number of aromatic nitrogens is 1. The van der Waals surface area contributed by atoms with E-state index in [-0.39, 0.29) is 46.7 Å². The van der Waals surface area contributed by atoms with Gasteiger partial charge in [-0.2, -0.15) is 0 Å². The summed E-state index contributed by atoms with van der Waals surface area (Å²) in [5.74, 6) is -0.265. The Morgan fingerprint density at radius 3 is 2.65 bits per heavy atom. The fourth-order valence-electron chi connectivity index (χ4n) is 3.94. The number of nitrogens with zero attached hydrogens (tertiary/aromatic N) is 1. The van der Waals surface area contributed by atoms with Crippen molar-refractivity contribution in [3.05, 3.63) is 33.2 Å². The van der Waals surface area contributed by atoms with E-state index in [1.807, 2.05) is 20.8 Å². The zero-order valence-corrected chi connectivity index (χ0v) is 16.5. The summed E-state index contributed by atoms with van der Waals surface area (Å²) in [6.45, 7) is 8.30. The average Bonchev–Trinajstić information content (AvgIpc) is 3.04. The summed E-state index contributed by atoms with van der Waals surface area (Å²) >= 11 is 0. The summed E-state index contributed by atoms with van der Waals surface area (Å²) < 4.78 is 0. The number of H-pyrrole nitrogens is 1. The highest BCUT2D eigenvalue weighted by Crippen LogP contribution is 2.33. The Morgan fingerprint density at radius 2 is 2.04 bits per heavy atom. The fourth-order valence-corrected chi connectivity index (χ4v) is 3.94. The molecule has 3 rings (SSSR count). The predicted molar refractivity (Wildman–Crippen MR) is 103 cm³/mol. The van der Waals surface area contributed by atoms with Crippen LogP contribution in [0.4, 0.5) is 0 Å². The normalized spacial score (nSPS) is 21.0. The number of amides is 1. The number of carbonyl (C=O) groups is 2. The van der Waals surface area contributed by atoms with Crippen LogP contribution in [0.1, 0.15) is 66.4 Å². The molecular formula is C19H28ClN3O3. The number of Topliss-reactive ketones (excluding diaryl/α,β-unsaturated/α-hetero) is 1. The van der Waals surface area contributed by atoms with Crippen LogP contribution in [0.25, 0.3) is 0 Å². The SMILES string of the molecule is CCCN(C(=O)c1cc2c([nH]c1=O)CC(C)(C)CC2=O)C1CCNC1.Cl. The van der Waals surface area contributed by atoms with Gasteiger partial charge in [-0.1, -0.05) is 20.8 Å². The lowest BCUT2D eigenvalue weighted by Crippen LogP contribution is -2.44. The van der Waals surface area contributed by atoms with Gasteiger partial charge >= 0.3 is 0 Å². The third kappa shape index (κ3) is 4.01. The van der Waals surface area contributed by atoms with E-state index in [1.165, 1.54) is 6.07 Å². The first kappa shape index (κ1) is 20.6. The molecule has 1 amide bonds. The molecule has 1 aromatic rings. The first-order chi connectivity index (χ1) is 11.8. The fraction of sp³-hybridized carbons (Fsp3) is 0.632. The van der Waals surface area contributed by atoms with E-state index in [2.05, 4.69) is 10.3 Å².